The van der Waals surface area contributed by atoms with Gasteiger partial charge in [0.05, 0.1) is 12.8 Å². The highest BCUT2D eigenvalue weighted by atomic mass is 16.5. The number of aliphatic imine (C=N–C) groups is 1. The van der Waals surface area contributed by atoms with E-state index in [0.717, 1.165) is 28.4 Å². The van der Waals surface area contributed by atoms with E-state index in [4.69, 9.17) is 4.74 Å². The molecule has 1 aromatic carbocycles. The molecule has 5 nitrogen and oxygen atoms in total. The summed E-state index contributed by atoms with van der Waals surface area (Å²) in [7, 11) is 5.61. The van der Waals surface area contributed by atoms with Gasteiger partial charge in [-0.15, -0.1) is 0 Å². The Morgan fingerprint density at radius 2 is 2.09 bits per heavy atom. The number of likely N-dealkylation sites (tertiary alicyclic amines) is 1. The summed E-state index contributed by atoms with van der Waals surface area (Å²) in [6, 6.07) is 5.97. The Labute approximate surface area is 138 Å². The molecule has 0 aliphatic carbocycles. The first kappa shape index (κ1) is 17.1. The number of hydrogen-bond donors (Lipinski definition) is 0. The summed E-state index contributed by atoms with van der Waals surface area (Å²) in [4.78, 5) is 20.7. The molecule has 2 rings (SSSR count). The lowest BCUT2D eigenvalue weighted by Gasteiger charge is -2.16. The van der Waals surface area contributed by atoms with Crippen molar-refractivity contribution in [1.29, 1.82) is 0 Å². The van der Waals surface area contributed by atoms with Crippen LogP contribution in [0.2, 0.25) is 0 Å². The number of methoxy groups -OCH3 is 1. The van der Waals surface area contributed by atoms with E-state index in [1.54, 1.807) is 12.0 Å². The number of ether oxygens (including phenoxy) is 1. The molecule has 1 aliphatic rings. The average Bonchev–Trinajstić information content (AvgIpc) is 2.82. The minimum Gasteiger partial charge on any atom is -0.495 e. The number of hydrogen-bond acceptors (Lipinski definition) is 4. The van der Waals surface area contributed by atoms with Gasteiger partial charge in [-0.3, -0.25) is 14.7 Å². The van der Waals surface area contributed by atoms with Gasteiger partial charge in [0.25, 0.3) is 5.91 Å². The van der Waals surface area contributed by atoms with Crippen LogP contribution < -0.4 is 9.64 Å². The molecule has 5 heteroatoms. The highest BCUT2D eigenvalue weighted by Gasteiger charge is 2.30. The fraction of sp³-hybridized carbons (Fsp3) is 0.444. The number of rotatable bonds is 5. The third-order valence-electron chi connectivity index (χ3n) is 3.86. The largest absolute Gasteiger partial charge is 0.495 e. The molecular formula is C18H25N3O2. The third-order valence-corrected chi connectivity index (χ3v) is 3.86. The fourth-order valence-electron chi connectivity index (χ4n) is 2.75. The lowest BCUT2D eigenvalue weighted by Crippen LogP contribution is -2.29. The topological polar surface area (TPSA) is 45.1 Å². The first-order valence-electron chi connectivity index (χ1n) is 7.92. The number of likely N-dealkylation sites (N-methyl/N-ethyl adjacent to an activating group) is 1. The van der Waals surface area contributed by atoms with E-state index >= 15 is 0 Å². The summed E-state index contributed by atoms with van der Waals surface area (Å²) in [6.45, 7) is 5.30. The summed E-state index contributed by atoms with van der Waals surface area (Å²) >= 11 is 0. The van der Waals surface area contributed by atoms with Gasteiger partial charge in [-0.2, -0.15) is 0 Å². The van der Waals surface area contributed by atoms with E-state index in [9.17, 15) is 4.79 Å². The third kappa shape index (κ3) is 3.55. The summed E-state index contributed by atoms with van der Waals surface area (Å²) in [5.74, 6) is 1.71. The predicted octanol–water partition coefficient (Wildman–Crippen LogP) is 2.82. The lowest BCUT2D eigenvalue weighted by atomic mass is 10.1. The first-order chi connectivity index (χ1) is 11.0. The van der Waals surface area contributed by atoms with E-state index < -0.39 is 0 Å². The molecule has 0 unspecified atom stereocenters. The molecule has 0 N–H and O–H groups in total. The predicted molar refractivity (Wildman–Crippen MR) is 95.3 cm³/mol. The van der Waals surface area contributed by atoms with Crippen molar-refractivity contribution in [3.8, 4) is 5.75 Å². The van der Waals surface area contributed by atoms with Gasteiger partial charge in [0, 0.05) is 39.2 Å². The second-order valence-corrected chi connectivity index (χ2v) is 5.61. The highest BCUT2D eigenvalue weighted by molar-refractivity contribution is 6.17. The Kier molecular flexibility index (Phi) is 5.42. The Bertz CT molecular complexity index is 648. The zero-order valence-electron chi connectivity index (χ0n) is 14.6. The van der Waals surface area contributed by atoms with Crippen LogP contribution >= 0.6 is 0 Å². The smallest absolute Gasteiger partial charge is 0.255 e. The molecule has 1 fully saturated rings. The van der Waals surface area contributed by atoms with Gasteiger partial charge in [0.2, 0.25) is 0 Å². The number of carbonyl (C=O) groups is 1. The van der Waals surface area contributed by atoms with Gasteiger partial charge in [-0.05, 0) is 37.6 Å². The number of anilines is 1. The molecular weight excluding hydrogens is 290 g/mol. The van der Waals surface area contributed by atoms with Crippen LogP contribution in [-0.4, -0.2) is 50.9 Å². The molecule has 1 heterocycles. The van der Waals surface area contributed by atoms with Crippen LogP contribution in [0, 0.1) is 0 Å². The van der Waals surface area contributed by atoms with Crippen LogP contribution in [0.15, 0.2) is 28.8 Å². The summed E-state index contributed by atoms with van der Waals surface area (Å²) in [6.07, 6.45) is 2.53. The molecule has 0 radical (unpaired) electrons. The zero-order valence-corrected chi connectivity index (χ0v) is 14.6. The van der Waals surface area contributed by atoms with Gasteiger partial charge in [-0.1, -0.05) is 6.07 Å². The number of nitrogens with zero attached hydrogens (tertiary/aromatic N) is 3. The minimum atomic E-state index is 0.0513. The van der Waals surface area contributed by atoms with Crippen molar-refractivity contribution < 1.29 is 9.53 Å². The number of carbonyl (C=O) groups excluding carboxylic acids is 1. The second kappa shape index (κ2) is 7.31. The standard InChI is InChI=1S/C18H25N3O2/c1-6-19-17-12-14(18(22)21(17)7-2)10-13-8-9-15(20(3)4)16(11-13)23-5/h8-11H,6-7,12H2,1-5H3/b14-10-,19-17?. The summed E-state index contributed by atoms with van der Waals surface area (Å²) in [5.41, 5.74) is 2.75. The van der Waals surface area contributed by atoms with E-state index in [1.807, 2.05) is 57.1 Å². The van der Waals surface area contributed by atoms with Gasteiger partial charge in [-0.25, -0.2) is 0 Å². The first-order valence-corrected chi connectivity index (χ1v) is 7.92. The molecule has 1 amide bonds. The maximum absolute atomic E-state index is 12.5. The lowest BCUT2D eigenvalue weighted by molar-refractivity contribution is -0.122. The molecule has 0 aromatic heterocycles. The van der Waals surface area contributed by atoms with Crippen LogP contribution in [0.5, 0.6) is 5.75 Å². The SMILES string of the molecule is CCN=C1C/C(=C/c2ccc(N(C)C)c(OC)c2)C(=O)N1CC. The fourth-order valence-corrected chi connectivity index (χ4v) is 2.75. The molecule has 23 heavy (non-hydrogen) atoms. The molecule has 1 saturated heterocycles. The number of amidine groups is 1. The van der Waals surface area contributed by atoms with E-state index in [1.165, 1.54) is 0 Å². The molecule has 0 spiro atoms. The highest BCUT2D eigenvalue weighted by Crippen LogP contribution is 2.30. The van der Waals surface area contributed by atoms with Gasteiger partial charge < -0.3 is 9.64 Å². The maximum atomic E-state index is 12.5. The van der Waals surface area contributed by atoms with E-state index in [0.29, 0.717) is 19.5 Å². The van der Waals surface area contributed by atoms with E-state index in [2.05, 4.69) is 4.99 Å². The normalized spacial score (nSPS) is 18.1. The van der Waals surface area contributed by atoms with Crippen molar-refractivity contribution in [3.63, 3.8) is 0 Å². The van der Waals surface area contributed by atoms with Gasteiger partial charge in [0.1, 0.15) is 11.6 Å². The Morgan fingerprint density at radius 3 is 2.65 bits per heavy atom. The van der Waals surface area contributed by atoms with E-state index in [-0.39, 0.29) is 5.91 Å². The molecule has 1 aromatic rings. The van der Waals surface area contributed by atoms with Crippen molar-refractivity contribution in [2.75, 3.05) is 39.2 Å². The number of benzene rings is 1. The Hall–Kier alpha value is -2.30. The van der Waals surface area contributed by atoms with Gasteiger partial charge in [0.15, 0.2) is 0 Å². The van der Waals surface area contributed by atoms with Crippen molar-refractivity contribution in [3.05, 3.63) is 29.3 Å². The summed E-state index contributed by atoms with van der Waals surface area (Å²) in [5, 5.41) is 0. The Balaban J connectivity index is 2.35. The summed E-state index contributed by atoms with van der Waals surface area (Å²) < 4.78 is 5.45. The van der Waals surface area contributed by atoms with Crippen molar-refractivity contribution in [2.45, 2.75) is 20.3 Å². The van der Waals surface area contributed by atoms with Crippen LogP contribution in [0.4, 0.5) is 5.69 Å². The molecule has 0 bridgehead atoms. The average molecular weight is 315 g/mol. The van der Waals surface area contributed by atoms with Crippen LogP contribution in [0.1, 0.15) is 25.8 Å². The second-order valence-electron chi connectivity index (χ2n) is 5.61. The molecule has 124 valence electrons. The minimum absolute atomic E-state index is 0.0513. The molecule has 0 atom stereocenters. The van der Waals surface area contributed by atoms with Gasteiger partial charge >= 0.3 is 0 Å². The van der Waals surface area contributed by atoms with Crippen molar-refractivity contribution in [2.24, 2.45) is 4.99 Å². The maximum Gasteiger partial charge on any atom is 0.255 e. The molecule has 0 saturated carbocycles. The van der Waals surface area contributed by atoms with Crippen LogP contribution in [0.3, 0.4) is 0 Å². The zero-order chi connectivity index (χ0) is 17.0. The quantitative estimate of drug-likeness (QED) is 0.785. The van der Waals surface area contributed by atoms with Crippen LogP contribution in [0.25, 0.3) is 6.08 Å². The Morgan fingerprint density at radius 1 is 1.35 bits per heavy atom. The van der Waals surface area contributed by atoms with Crippen LogP contribution in [-0.2, 0) is 4.79 Å². The monoisotopic (exact) mass is 315 g/mol. The van der Waals surface area contributed by atoms with Crippen molar-refractivity contribution >= 4 is 23.5 Å². The number of amides is 1. The molecule has 1 aliphatic heterocycles. The van der Waals surface area contributed by atoms with Crippen molar-refractivity contribution in [1.82, 2.24) is 4.90 Å².